The summed E-state index contributed by atoms with van der Waals surface area (Å²) >= 11 is 0. The van der Waals surface area contributed by atoms with Crippen LogP contribution < -0.4 is 18.8 Å². The minimum Gasteiger partial charge on any atom is -0.497 e. The van der Waals surface area contributed by atoms with Gasteiger partial charge >= 0.3 is 0 Å². The highest BCUT2D eigenvalue weighted by Gasteiger charge is 2.21. The van der Waals surface area contributed by atoms with E-state index in [4.69, 9.17) is 14.2 Å². The van der Waals surface area contributed by atoms with Gasteiger partial charge in [-0.3, -0.25) is 0 Å². The lowest BCUT2D eigenvalue weighted by molar-refractivity contribution is -0.642. The van der Waals surface area contributed by atoms with E-state index >= 15 is 0 Å². The summed E-state index contributed by atoms with van der Waals surface area (Å²) in [5, 5.41) is 5.78. The molecule has 0 amide bonds. The molecule has 0 N–H and O–H groups in total. The number of nitrogens with zero attached hydrogens (tertiary/aromatic N) is 1. The number of ether oxygens (including phenoxy) is 4. The van der Waals surface area contributed by atoms with E-state index in [1.807, 2.05) is 18.2 Å². The lowest BCUT2D eigenvalue weighted by Gasteiger charge is -2.14. The van der Waals surface area contributed by atoms with E-state index in [-0.39, 0.29) is 0 Å². The van der Waals surface area contributed by atoms with Crippen LogP contribution in [0.3, 0.4) is 0 Å². The Morgan fingerprint density at radius 1 is 0.812 bits per heavy atom. The van der Waals surface area contributed by atoms with Gasteiger partial charge in [0, 0.05) is 19.6 Å². The molecule has 0 saturated heterocycles. The molecule has 32 heavy (non-hydrogen) atoms. The minimum atomic E-state index is 0.730. The standard InChI is InChI=1S/C25H26NO3.C2H6O/c1-6-7-8-16-13-20-19-11-12-23(28-4)25(29-5)22(19)15-26(2)24(20)21-14-17(27-3)9-10-18(16)21;1-3-2/h6,9-15H,1,7-8H2,2-5H3;1-2H3/q+1;. The van der Waals surface area contributed by atoms with Crippen LogP contribution in [0.15, 0.2) is 55.3 Å². The van der Waals surface area contributed by atoms with Gasteiger partial charge in [-0.1, -0.05) is 12.1 Å². The Hall–Kier alpha value is -3.31. The van der Waals surface area contributed by atoms with Gasteiger partial charge in [-0.25, -0.2) is 0 Å². The van der Waals surface area contributed by atoms with E-state index < -0.39 is 0 Å². The number of allylic oxidation sites excluding steroid dienone is 1. The van der Waals surface area contributed by atoms with Crippen molar-refractivity contribution in [3.8, 4) is 17.2 Å². The summed E-state index contributed by atoms with van der Waals surface area (Å²) in [6, 6.07) is 12.7. The number of benzene rings is 3. The lowest BCUT2D eigenvalue weighted by atomic mass is 9.94. The first-order chi connectivity index (χ1) is 15.5. The van der Waals surface area contributed by atoms with Gasteiger partial charge in [-0.05, 0) is 54.1 Å². The number of aryl methyl sites for hydroxylation is 2. The number of hydrogen-bond donors (Lipinski definition) is 0. The maximum atomic E-state index is 5.70. The second-order valence-corrected chi connectivity index (χ2v) is 7.58. The molecule has 168 valence electrons. The first-order valence-electron chi connectivity index (χ1n) is 10.5. The number of hydrogen-bond acceptors (Lipinski definition) is 4. The van der Waals surface area contributed by atoms with Gasteiger partial charge in [-0.2, -0.15) is 4.57 Å². The SMILES string of the molecule is C=CCCc1cc2c3ccc(OC)c(OC)c3c[n+](C)c2c2cc(OC)ccc12.COC. The molecule has 0 saturated carbocycles. The van der Waals surface area contributed by atoms with E-state index in [9.17, 15) is 0 Å². The van der Waals surface area contributed by atoms with Gasteiger partial charge in [0.2, 0.25) is 5.52 Å². The molecule has 0 radical (unpaired) electrons. The summed E-state index contributed by atoms with van der Waals surface area (Å²) in [6.45, 7) is 3.90. The fourth-order valence-corrected chi connectivity index (χ4v) is 4.21. The third kappa shape index (κ3) is 4.21. The Morgan fingerprint density at radius 3 is 2.12 bits per heavy atom. The number of fused-ring (bicyclic) bond motifs is 5. The molecule has 0 fully saturated rings. The molecule has 0 spiro atoms. The summed E-state index contributed by atoms with van der Waals surface area (Å²) < 4.78 is 23.2. The molecule has 5 heteroatoms. The molecule has 3 aromatic carbocycles. The Kier molecular flexibility index (Phi) is 7.54. The maximum absolute atomic E-state index is 5.70. The fraction of sp³-hybridized carbons (Fsp3) is 0.296. The average Bonchev–Trinajstić information content (AvgIpc) is 2.81. The van der Waals surface area contributed by atoms with Gasteiger partial charge in [-0.15, -0.1) is 6.58 Å². The van der Waals surface area contributed by atoms with Crippen molar-refractivity contribution in [2.24, 2.45) is 7.05 Å². The van der Waals surface area contributed by atoms with Crippen molar-refractivity contribution < 1.29 is 23.5 Å². The first kappa shape index (κ1) is 23.4. The number of methoxy groups -OCH3 is 4. The highest BCUT2D eigenvalue weighted by Crippen LogP contribution is 2.40. The van der Waals surface area contributed by atoms with Crippen LogP contribution in [0.5, 0.6) is 17.2 Å². The van der Waals surface area contributed by atoms with Gasteiger partial charge in [0.05, 0.1) is 37.5 Å². The second kappa shape index (κ2) is 10.3. The molecule has 4 aromatic rings. The molecule has 0 atom stereocenters. The molecule has 0 aliphatic rings. The van der Waals surface area contributed by atoms with Crippen LogP contribution in [-0.2, 0) is 18.2 Å². The molecule has 0 bridgehead atoms. The fourth-order valence-electron chi connectivity index (χ4n) is 4.21. The Morgan fingerprint density at radius 2 is 1.50 bits per heavy atom. The van der Waals surface area contributed by atoms with Crippen molar-refractivity contribution in [3.05, 3.63) is 60.8 Å². The topological polar surface area (TPSA) is 40.8 Å². The zero-order valence-electron chi connectivity index (χ0n) is 19.8. The van der Waals surface area contributed by atoms with Crippen LogP contribution >= 0.6 is 0 Å². The van der Waals surface area contributed by atoms with E-state index in [1.165, 1.54) is 27.2 Å². The zero-order chi connectivity index (χ0) is 23.3. The van der Waals surface area contributed by atoms with Gasteiger partial charge in [0.1, 0.15) is 12.8 Å². The predicted octanol–water partition coefficient (Wildman–Crippen LogP) is 5.38. The molecule has 1 aromatic heterocycles. The van der Waals surface area contributed by atoms with Crippen molar-refractivity contribution in [2.75, 3.05) is 35.5 Å². The zero-order valence-corrected chi connectivity index (χ0v) is 19.8. The maximum Gasteiger partial charge on any atom is 0.220 e. The van der Waals surface area contributed by atoms with Crippen LogP contribution in [0.1, 0.15) is 12.0 Å². The summed E-state index contributed by atoms with van der Waals surface area (Å²) in [7, 11) is 10.4. The molecule has 0 aliphatic heterocycles. The van der Waals surface area contributed by atoms with Crippen molar-refractivity contribution in [3.63, 3.8) is 0 Å². The van der Waals surface area contributed by atoms with Crippen LogP contribution in [-0.4, -0.2) is 35.5 Å². The third-order valence-corrected chi connectivity index (χ3v) is 5.57. The molecule has 1 heterocycles. The highest BCUT2D eigenvalue weighted by molar-refractivity contribution is 6.15. The lowest BCUT2D eigenvalue weighted by Crippen LogP contribution is -2.29. The molecular weight excluding hydrogens is 402 g/mol. The average molecular weight is 435 g/mol. The van der Waals surface area contributed by atoms with E-state index in [2.05, 4.69) is 53.4 Å². The molecule has 0 unspecified atom stereocenters. The van der Waals surface area contributed by atoms with Crippen molar-refractivity contribution in [2.45, 2.75) is 12.8 Å². The van der Waals surface area contributed by atoms with Crippen LogP contribution in [0, 0.1) is 0 Å². The molecule has 0 aliphatic carbocycles. The summed E-state index contributed by atoms with van der Waals surface area (Å²) in [5.41, 5.74) is 2.47. The van der Waals surface area contributed by atoms with E-state index in [0.29, 0.717) is 0 Å². The van der Waals surface area contributed by atoms with Crippen LogP contribution in [0.25, 0.3) is 32.4 Å². The molecule has 4 rings (SSSR count). The van der Waals surface area contributed by atoms with Gasteiger partial charge < -0.3 is 18.9 Å². The van der Waals surface area contributed by atoms with Gasteiger partial charge in [0.25, 0.3) is 0 Å². The summed E-state index contributed by atoms with van der Waals surface area (Å²) in [4.78, 5) is 0. The monoisotopic (exact) mass is 434 g/mol. The predicted molar refractivity (Wildman–Crippen MR) is 131 cm³/mol. The third-order valence-electron chi connectivity index (χ3n) is 5.57. The Balaban J connectivity index is 0.000000913. The van der Waals surface area contributed by atoms with E-state index in [0.717, 1.165) is 40.9 Å². The normalized spacial score (nSPS) is 10.7. The quantitative estimate of drug-likeness (QED) is 0.232. The van der Waals surface area contributed by atoms with Crippen molar-refractivity contribution >= 4 is 32.4 Å². The number of pyridine rings is 1. The second-order valence-electron chi connectivity index (χ2n) is 7.58. The van der Waals surface area contributed by atoms with Crippen LogP contribution in [0.2, 0.25) is 0 Å². The summed E-state index contributed by atoms with van der Waals surface area (Å²) in [6.07, 6.45) is 5.95. The first-order valence-corrected chi connectivity index (χ1v) is 10.5. The Labute approximate surface area is 189 Å². The largest absolute Gasteiger partial charge is 0.497 e. The molecular formula is C27H32NO4+. The van der Waals surface area contributed by atoms with Crippen LogP contribution in [0.4, 0.5) is 0 Å². The van der Waals surface area contributed by atoms with Crippen molar-refractivity contribution in [1.29, 1.82) is 0 Å². The smallest absolute Gasteiger partial charge is 0.220 e. The number of rotatable bonds is 6. The van der Waals surface area contributed by atoms with E-state index in [1.54, 1.807) is 35.5 Å². The summed E-state index contributed by atoms with van der Waals surface area (Å²) in [5.74, 6) is 2.33. The minimum absolute atomic E-state index is 0.730. The van der Waals surface area contributed by atoms with Gasteiger partial charge in [0.15, 0.2) is 17.7 Å². The molecule has 5 nitrogen and oxygen atoms in total. The Bertz CT molecular complexity index is 1260. The highest BCUT2D eigenvalue weighted by atomic mass is 16.5. The van der Waals surface area contributed by atoms with Crippen molar-refractivity contribution in [1.82, 2.24) is 0 Å². The number of aromatic nitrogens is 1.